The van der Waals surface area contributed by atoms with Gasteiger partial charge in [-0.25, -0.2) is 0 Å². The van der Waals surface area contributed by atoms with Crippen molar-refractivity contribution in [2.45, 2.75) is 13.0 Å². The molecule has 3 nitrogen and oxygen atoms in total. The average molecular weight is 304 g/mol. The molecule has 0 saturated carbocycles. The highest BCUT2D eigenvalue weighted by Gasteiger charge is 2.07. The van der Waals surface area contributed by atoms with Gasteiger partial charge in [0, 0.05) is 11.6 Å². The van der Waals surface area contributed by atoms with Crippen molar-refractivity contribution >= 4 is 23.4 Å². The standard InChI is InChI=1S/C14H22ClNO2S/c1-11(10-19-2)7-16-8-13(17)9-18-14-5-3-4-12(15)6-14/h3-6,11,13,16-17H,7-10H2,1-2H3. The van der Waals surface area contributed by atoms with E-state index in [2.05, 4.69) is 18.5 Å². The second-order valence-corrected chi connectivity index (χ2v) is 5.99. The van der Waals surface area contributed by atoms with E-state index in [1.54, 1.807) is 12.1 Å². The van der Waals surface area contributed by atoms with E-state index in [-0.39, 0.29) is 6.61 Å². The minimum atomic E-state index is -0.513. The number of hydrogen-bond acceptors (Lipinski definition) is 4. The summed E-state index contributed by atoms with van der Waals surface area (Å²) in [4.78, 5) is 0. The molecular formula is C14H22ClNO2S. The lowest BCUT2D eigenvalue weighted by Crippen LogP contribution is -2.34. The van der Waals surface area contributed by atoms with Crippen molar-refractivity contribution in [2.75, 3.05) is 31.7 Å². The van der Waals surface area contributed by atoms with Crippen LogP contribution in [-0.2, 0) is 0 Å². The summed E-state index contributed by atoms with van der Waals surface area (Å²) in [5.74, 6) is 2.42. The molecule has 1 aromatic carbocycles. The first-order valence-corrected chi connectivity index (χ1v) is 8.15. The molecule has 5 heteroatoms. The quantitative estimate of drug-likeness (QED) is 0.736. The first kappa shape index (κ1) is 16.6. The largest absolute Gasteiger partial charge is 0.491 e. The highest BCUT2D eigenvalue weighted by molar-refractivity contribution is 7.98. The van der Waals surface area contributed by atoms with Crippen LogP contribution in [-0.4, -0.2) is 42.9 Å². The van der Waals surface area contributed by atoms with Gasteiger partial charge in [-0.3, -0.25) is 0 Å². The number of ether oxygens (including phenoxy) is 1. The van der Waals surface area contributed by atoms with Gasteiger partial charge in [-0.2, -0.15) is 11.8 Å². The number of halogens is 1. The zero-order valence-electron chi connectivity index (χ0n) is 11.4. The molecule has 0 aliphatic heterocycles. The highest BCUT2D eigenvalue weighted by atomic mass is 35.5. The smallest absolute Gasteiger partial charge is 0.120 e. The molecule has 0 aliphatic carbocycles. The summed E-state index contributed by atoms with van der Waals surface area (Å²) >= 11 is 7.69. The molecule has 108 valence electrons. The third-order valence-corrected chi connectivity index (χ3v) is 3.70. The highest BCUT2D eigenvalue weighted by Crippen LogP contribution is 2.17. The van der Waals surface area contributed by atoms with Crippen molar-refractivity contribution < 1.29 is 9.84 Å². The van der Waals surface area contributed by atoms with Crippen molar-refractivity contribution in [2.24, 2.45) is 5.92 Å². The molecule has 0 bridgehead atoms. The maximum Gasteiger partial charge on any atom is 0.120 e. The van der Waals surface area contributed by atoms with Gasteiger partial charge in [0.25, 0.3) is 0 Å². The normalized spacial score (nSPS) is 14.1. The van der Waals surface area contributed by atoms with Crippen LogP contribution in [0.1, 0.15) is 6.92 Å². The summed E-state index contributed by atoms with van der Waals surface area (Å²) < 4.78 is 5.48. The average Bonchev–Trinajstić information content (AvgIpc) is 2.37. The van der Waals surface area contributed by atoms with Gasteiger partial charge in [0.15, 0.2) is 0 Å². The van der Waals surface area contributed by atoms with E-state index in [1.165, 1.54) is 0 Å². The molecule has 0 amide bonds. The Morgan fingerprint density at radius 2 is 2.21 bits per heavy atom. The minimum absolute atomic E-state index is 0.268. The van der Waals surface area contributed by atoms with E-state index >= 15 is 0 Å². The number of benzene rings is 1. The van der Waals surface area contributed by atoms with Crippen LogP contribution in [0, 0.1) is 5.92 Å². The van der Waals surface area contributed by atoms with Crippen LogP contribution >= 0.6 is 23.4 Å². The number of thioether (sulfide) groups is 1. The zero-order chi connectivity index (χ0) is 14.1. The number of hydrogen-bond donors (Lipinski definition) is 2. The molecule has 1 rings (SSSR count). The molecule has 2 atom stereocenters. The van der Waals surface area contributed by atoms with Gasteiger partial charge in [0.05, 0.1) is 0 Å². The Hall–Kier alpha value is -0.420. The summed E-state index contributed by atoms with van der Waals surface area (Å²) in [6.45, 7) is 3.91. The number of rotatable bonds is 9. The lowest BCUT2D eigenvalue weighted by atomic mass is 10.2. The predicted molar refractivity (Wildman–Crippen MR) is 83.4 cm³/mol. The second kappa shape index (κ2) is 9.48. The zero-order valence-corrected chi connectivity index (χ0v) is 13.0. The topological polar surface area (TPSA) is 41.5 Å². The van der Waals surface area contributed by atoms with Crippen molar-refractivity contribution in [3.63, 3.8) is 0 Å². The van der Waals surface area contributed by atoms with Crippen LogP contribution in [0.5, 0.6) is 5.75 Å². The molecule has 0 heterocycles. The lowest BCUT2D eigenvalue weighted by molar-refractivity contribution is 0.106. The van der Waals surface area contributed by atoms with Crippen molar-refractivity contribution in [1.82, 2.24) is 5.32 Å². The van der Waals surface area contributed by atoms with Crippen molar-refractivity contribution in [3.05, 3.63) is 29.3 Å². The fraction of sp³-hybridized carbons (Fsp3) is 0.571. The lowest BCUT2D eigenvalue weighted by Gasteiger charge is -2.15. The summed E-state index contributed by atoms with van der Waals surface area (Å²) in [7, 11) is 0. The van der Waals surface area contributed by atoms with Crippen LogP contribution < -0.4 is 10.1 Å². The van der Waals surface area contributed by atoms with E-state index in [0.29, 0.717) is 23.2 Å². The van der Waals surface area contributed by atoms with E-state index in [1.807, 2.05) is 23.9 Å². The van der Waals surface area contributed by atoms with E-state index < -0.39 is 6.10 Å². The second-order valence-electron chi connectivity index (χ2n) is 4.64. The van der Waals surface area contributed by atoms with Crippen LogP contribution in [0.4, 0.5) is 0 Å². The molecule has 0 spiro atoms. The fourth-order valence-electron chi connectivity index (χ4n) is 1.65. The van der Waals surface area contributed by atoms with Crippen LogP contribution in [0.25, 0.3) is 0 Å². The first-order valence-electron chi connectivity index (χ1n) is 6.38. The Balaban J connectivity index is 2.16. The minimum Gasteiger partial charge on any atom is -0.491 e. The number of nitrogens with one attached hydrogen (secondary N) is 1. The molecule has 2 N–H and O–H groups in total. The van der Waals surface area contributed by atoms with Gasteiger partial charge < -0.3 is 15.2 Å². The van der Waals surface area contributed by atoms with Gasteiger partial charge >= 0.3 is 0 Å². The Bertz CT molecular complexity index is 365. The van der Waals surface area contributed by atoms with E-state index in [9.17, 15) is 5.11 Å². The Labute approximate surface area is 124 Å². The van der Waals surface area contributed by atoms with E-state index in [4.69, 9.17) is 16.3 Å². The van der Waals surface area contributed by atoms with Gasteiger partial charge in [-0.15, -0.1) is 0 Å². The molecule has 19 heavy (non-hydrogen) atoms. The summed E-state index contributed by atoms with van der Waals surface area (Å²) in [6.07, 6.45) is 1.59. The third kappa shape index (κ3) is 7.67. The molecule has 0 saturated heterocycles. The molecule has 1 aromatic rings. The van der Waals surface area contributed by atoms with Gasteiger partial charge in [0.1, 0.15) is 18.5 Å². The fourth-order valence-corrected chi connectivity index (χ4v) is 2.52. The summed E-state index contributed by atoms with van der Waals surface area (Å²) in [5.41, 5.74) is 0. The monoisotopic (exact) mass is 303 g/mol. The van der Waals surface area contributed by atoms with E-state index in [0.717, 1.165) is 12.3 Å². The molecule has 0 radical (unpaired) electrons. The maximum atomic E-state index is 9.80. The summed E-state index contributed by atoms with van der Waals surface area (Å²) in [5, 5.41) is 13.7. The Kier molecular flexibility index (Phi) is 8.30. The van der Waals surface area contributed by atoms with Gasteiger partial charge in [-0.1, -0.05) is 24.6 Å². The first-order chi connectivity index (χ1) is 9.11. The van der Waals surface area contributed by atoms with Gasteiger partial charge in [0.2, 0.25) is 0 Å². The predicted octanol–water partition coefficient (Wildman–Crippen LogP) is 2.67. The number of aliphatic hydroxyl groups is 1. The maximum absolute atomic E-state index is 9.80. The van der Waals surface area contributed by atoms with Crippen LogP contribution in [0.3, 0.4) is 0 Å². The number of aliphatic hydroxyl groups excluding tert-OH is 1. The SMILES string of the molecule is CSCC(C)CNCC(O)COc1cccc(Cl)c1. The molecule has 0 aliphatic rings. The molecule has 2 unspecified atom stereocenters. The third-order valence-electron chi connectivity index (χ3n) is 2.56. The van der Waals surface area contributed by atoms with Crippen molar-refractivity contribution in [1.29, 1.82) is 0 Å². The van der Waals surface area contributed by atoms with Crippen LogP contribution in [0.15, 0.2) is 24.3 Å². The van der Waals surface area contributed by atoms with Crippen LogP contribution in [0.2, 0.25) is 5.02 Å². The Morgan fingerprint density at radius 1 is 1.42 bits per heavy atom. The molecule has 0 fully saturated rings. The summed E-state index contributed by atoms with van der Waals surface area (Å²) in [6, 6.07) is 7.18. The van der Waals surface area contributed by atoms with Crippen molar-refractivity contribution in [3.8, 4) is 5.75 Å². The Morgan fingerprint density at radius 3 is 2.89 bits per heavy atom. The van der Waals surface area contributed by atoms with Gasteiger partial charge in [-0.05, 0) is 42.7 Å². The molecule has 0 aromatic heterocycles. The molecular weight excluding hydrogens is 282 g/mol.